The molecule has 0 radical (unpaired) electrons. The summed E-state index contributed by atoms with van der Waals surface area (Å²) in [4.78, 5) is 2.39. The Kier molecular flexibility index (Phi) is 2.86. The number of aliphatic hydroxyl groups excluding tert-OH is 1. The van der Waals surface area contributed by atoms with Gasteiger partial charge < -0.3 is 14.7 Å². The lowest BCUT2D eigenvalue weighted by molar-refractivity contribution is -0.00109. The van der Waals surface area contributed by atoms with E-state index in [9.17, 15) is 0 Å². The molecule has 1 N–H and O–H groups in total. The van der Waals surface area contributed by atoms with Gasteiger partial charge in [0.15, 0.2) is 0 Å². The van der Waals surface area contributed by atoms with Gasteiger partial charge in [0.05, 0.1) is 18.8 Å². The number of ether oxygens (including phenoxy) is 1. The maximum absolute atomic E-state index is 8.90. The Hall–Kier alpha value is -0.120. The van der Waals surface area contributed by atoms with Crippen LogP contribution in [0, 0.1) is 0 Å². The van der Waals surface area contributed by atoms with Crippen molar-refractivity contribution in [3.05, 3.63) is 0 Å². The molecule has 2 rings (SSSR count). The molecule has 0 aromatic carbocycles. The summed E-state index contributed by atoms with van der Waals surface area (Å²) in [5.74, 6) is 0. The zero-order valence-electron chi connectivity index (χ0n) is 8.28. The third kappa shape index (κ3) is 2.42. The first kappa shape index (κ1) is 9.44. The Morgan fingerprint density at radius 1 is 1.23 bits per heavy atom. The van der Waals surface area contributed by atoms with Crippen molar-refractivity contribution < 1.29 is 9.84 Å². The molecule has 1 aliphatic heterocycles. The van der Waals surface area contributed by atoms with Crippen LogP contribution in [-0.2, 0) is 4.74 Å². The zero-order chi connectivity index (χ0) is 9.26. The van der Waals surface area contributed by atoms with E-state index in [1.165, 1.54) is 12.8 Å². The summed E-state index contributed by atoms with van der Waals surface area (Å²) in [5, 5.41) is 8.90. The molecule has 1 heterocycles. The molecule has 1 saturated heterocycles. The minimum absolute atomic E-state index is 0.109. The Labute approximate surface area is 79.7 Å². The van der Waals surface area contributed by atoms with Crippen LogP contribution in [0.3, 0.4) is 0 Å². The number of rotatable bonds is 4. The molecule has 13 heavy (non-hydrogen) atoms. The summed E-state index contributed by atoms with van der Waals surface area (Å²) in [5.41, 5.74) is 0. The van der Waals surface area contributed by atoms with E-state index in [0.29, 0.717) is 6.10 Å². The van der Waals surface area contributed by atoms with Crippen LogP contribution in [0.4, 0.5) is 0 Å². The summed E-state index contributed by atoms with van der Waals surface area (Å²) >= 11 is 0. The van der Waals surface area contributed by atoms with Crippen LogP contribution in [0.5, 0.6) is 0 Å². The number of likely N-dealkylation sites (N-methyl/N-ethyl adjacent to an activating group) is 1. The maximum atomic E-state index is 8.90. The van der Waals surface area contributed by atoms with Gasteiger partial charge in [0.2, 0.25) is 0 Å². The fraction of sp³-hybridized carbons (Fsp3) is 1.00. The highest BCUT2D eigenvalue weighted by Gasteiger charge is 2.31. The molecule has 0 spiro atoms. The lowest BCUT2D eigenvalue weighted by atomic mass is 10.2. The first-order chi connectivity index (χ1) is 6.29. The zero-order valence-corrected chi connectivity index (χ0v) is 8.28. The van der Waals surface area contributed by atoms with Crippen LogP contribution in [0.15, 0.2) is 0 Å². The molecule has 0 bridgehead atoms. The molecule has 76 valence electrons. The second kappa shape index (κ2) is 3.95. The molecular formula is C10H19NO2. The highest BCUT2D eigenvalue weighted by Crippen LogP contribution is 2.27. The van der Waals surface area contributed by atoms with E-state index < -0.39 is 0 Å². The largest absolute Gasteiger partial charge is 0.394 e. The molecular weight excluding hydrogens is 166 g/mol. The number of hydrogen-bond acceptors (Lipinski definition) is 3. The summed E-state index contributed by atoms with van der Waals surface area (Å²) in [6.45, 7) is 1.23. The maximum Gasteiger partial charge on any atom is 0.0811 e. The van der Waals surface area contributed by atoms with E-state index in [-0.39, 0.29) is 12.7 Å². The standard InChI is InChI=1S/C10H19NO2/c1-11(8-2-3-8)6-9-4-5-10(7-12)13-9/h8-10,12H,2-7H2,1H3/t9-,10+/m0/s1. The van der Waals surface area contributed by atoms with E-state index in [4.69, 9.17) is 9.84 Å². The summed E-state index contributed by atoms with van der Waals surface area (Å²) in [7, 11) is 2.17. The topological polar surface area (TPSA) is 32.7 Å². The third-order valence-electron chi connectivity index (χ3n) is 3.06. The lowest BCUT2D eigenvalue weighted by Crippen LogP contribution is -2.31. The molecule has 1 saturated carbocycles. The average molecular weight is 185 g/mol. The van der Waals surface area contributed by atoms with Gasteiger partial charge in [-0.3, -0.25) is 0 Å². The SMILES string of the molecule is CN(C[C@@H]1CC[C@H](CO)O1)C1CC1. The van der Waals surface area contributed by atoms with Gasteiger partial charge in [-0.2, -0.15) is 0 Å². The van der Waals surface area contributed by atoms with Gasteiger partial charge in [-0.05, 0) is 32.7 Å². The minimum Gasteiger partial charge on any atom is -0.394 e. The molecule has 0 amide bonds. The molecule has 2 aliphatic rings. The van der Waals surface area contributed by atoms with E-state index in [1.54, 1.807) is 0 Å². The van der Waals surface area contributed by atoms with Gasteiger partial charge in [-0.25, -0.2) is 0 Å². The van der Waals surface area contributed by atoms with Crippen molar-refractivity contribution in [3.8, 4) is 0 Å². The molecule has 2 fully saturated rings. The first-order valence-electron chi connectivity index (χ1n) is 5.26. The summed E-state index contributed by atoms with van der Waals surface area (Å²) < 4.78 is 5.67. The summed E-state index contributed by atoms with van der Waals surface area (Å²) in [6.07, 6.45) is 5.32. The number of nitrogens with zero attached hydrogens (tertiary/aromatic N) is 1. The van der Waals surface area contributed by atoms with Crippen molar-refractivity contribution in [2.75, 3.05) is 20.2 Å². The molecule has 0 unspecified atom stereocenters. The van der Waals surface area contributed by atoms with Gasteiger partial charge in [-0.1, -0.05) is 0 Å². The molecule has 3 heteroatoms. The van der Waals surface area contributed by atoms with Crippen LogP contribution in [0.1, 0.15) is 25.7 Å². The third-order valence-corrected chi connectivity index (χ3v) is 3.06. The monoisotopic (exact) mass is 185 g/mol. The lowest BCUT2D eigenvalue weighted by Gasteiger charge is -2.20. The molecule has 0 aromatic heterocycles. The molecule has 3 nitrogen and oxygen atoms in total. The van der Waals surface area contributed by atoms with E-state index >= 15 is 0 Å². The Balaban J connectivity index is 1.70. The Morgan fingerprint density at radius 3 is 2.46 bits per heavy atom. The highest BCUT2D eigenvalue weighted by atomic mass is 16.5. The van der Waals surface area contributed by atoms with Crippen LogP contribution < -0.4 is 0 Å². The van der Waals surface area contributed by atoms with Gasteiger partial charge in [0, 0.05) is 12.6 Å². The fourth-order valence-electron chi connectivity index (χ4n) is 2.03. The van der Waals surface area contributed by atoms with E-state index in [2.05, 4.69) is 11.9 Å². The predicted octanol–water partition coefficient (Wildman–Crippen LogP) is 0.620. The van der Waals surface area contributed by atoms with Gasteiger partial charge in [0.25, 0.3) is 0 Å². The number of aliphatic hydroxyl groups is 1. The van der Waals surface area contributed by atoms with Crippen LogP contribution in [0.25, 0.3) is 0 Å². The van der Waals surface area contributed by atoms with Crippen LogP contribution in [-0.4, -0.2) is 48.5 Å². The molecule has 2 atom stereocenters. The van der Waals surface area contributed by atoms with Crippen molar-refractivity contribution >= 4 is 0 Å². The van der Waals surface area contributed by atoms with Crippen LogP contribution >= 0.6 is 0 Å². The van der Waals surface area contributed by atoms with Crippen molar-refractivity contribution in [2.24, 2.45) is 0 Å². The van der Waals surface area contributed by atoms with Gasteiger partial charge >= 0.3 is 0 Å². The average Bonchev–Trinajstić information content (AvgIpc) is 2.88. The second-order valence-corrected chi connectivity index (χ2v) is 4.31. The second-order valence-electron chi connectivity index (χ2n) is 4.31. The minimum atomic E-state index is 0.109. The quantitative estimate of drug-likeness (QED) is 0.697. The number of hydrogen-bond donors (Lipinski definition) is 1. The van der Waals surface area contributed by atoms with Crippen molar-refractivity contribution in [1.82, 2.24) is 4.90 Å². The normalized spacial score (nSPS) is 34.4. The highest BCUT2D eigenvalue weighted by molar-refractivity contribution is 4.85. The molecule has 1 aliphatic carbocycles. The Bertz CT molecular complexity index is 170. The molecule has 0 aromatic rings. The van der Waals surface area contributed by atoms with Crippen molar-refractivity contribution in [2.45, 2.75) is 43.9 Å². The van der Waals surface area contributed by atoms with Crippen molar-refractivity contribution in [3.63, 3.8) is 0 Å². The van der Waals surface area contributed by atoms with Gasteiger partial charge in [-0.15, -0.1) is 0 Å². The first-order valence-corrected chi connectivity index (χ1v) is 5.26. The Morgan fingerprint density at radius 2 is 1.92 bits per heavy atom. The van der Waals surface area contributed by atoms with Gasteiger partial charge in [0.1, 0.15) is 0 Å². The van der Waals surface area contributed by atoms with Crippen molar-refractivity contribution in [1.29, 1.82) is 0 Å². The van der Waals surface area contributed by atoms with Crippen LogP contribution in [0.2, 0.25) is 0 Å². The van der Waals surface area contributed by atoms with E-state index in [1.807, 2.05) is 0 Å². The summed E-state index contributed by atoms with van der Waals surface area (Å²) in [6, 6.07) is 0.816. The fourth-order valence-corrected chi connectivity index (χ4v) is 2.03. The smallest absolute Gasteiger partial charge is 0.0811 e. The van der Waals surface area contributed by atoms with E-state index in [0.717, 1.165) is 25.4 Å². The predicted molar refractivity (Wildman–Crippen MR) is 50.6 cm³/mol.